The Kier molecular flexibility index (Phi) is 4.90. The van der Waals surface area contributed by atoms with E-state index in [-0.39, 0.29) is 5.91 Å². The number of halogens is 1. The van der Waals surface area contributed by atoms with Gasteiger partial charge in [-0.05, 0) is 36.4 Å². The zero-order chi connectivity index (χ0) is 15.4. The molecule has 3 rings (SSSR count). The summed E-state index contributed by atoms with van der Waals surface area (Å²) in [5.74, 6) is 1.04. The highest BCUT2D eigenvalue weighted by atomic mass is 35.5. The van der Waals surface area contributed by atoms with Crippen LogP contribution in [0.15, 0.2) is 53.4 Å². The minimum Gasteiger partial charge on any atom is -0.361 e. The standard InChI is InChI=1S/C17H17ClN2OS/c18-13-6-1-2-7-14(13)19-17(21)12-20-10-5-11-22-16-9-4-3-8-15(16)20/h1-4,6-9H,5,10-12H2,(H,19,21). The summed E-state index contributed by atoms with van der Waals surface area (Å²) in [5, 5.41) is 3.45. The third-order valence-electron chi connectivity index (χ3n) is 3.52. The van der Waals surface area contributed by atoms with Gasteiger partial charge in [-0.15, -0.1) is 11.8 Å². The first kappa shape index (κ1) is 15.3. The lowest BCUT2D eigenvalue weighted by molar-refractivity contribution is -0.115. The van der Waals surface area contributed by atoms with Crippen LogP contribution in [0.25, 0.3) is 0 Å². The molecule has 1 N–H and O–H groups in total. The van der Waals surface area contributed by atoms with Gasteiger partial charge in [0, 0.05) is 11.4 Å². The van der Waals surface area contributed by atoms with E-state index in [1.165, 1.54) is 4.90 Å². The van der Waals surface area contributed by atoms with Crippen molar-refractivity contribution in [2.75, 3.05) is 29.1 Å². The van der Waals surface area contributed by atoms with Crippen molar-refractivity contribution in [2.24, 2.45) is 0 Å². The molecule has 0 spiro atoms. The van der Waals surface area contributed by atoms with Gasteiger partial charge in [-0.2, -0.15) is 0 Å². The predicted octanol–water partition coefficient (Wildman–Crippen LogP) is 4.28. The monoisotopic (exact) mass is 332 g/mol. The van der Waals surface area contributed by atoms with Crippen LogP contribution in [0.2, 0.25) is 5.02 Å². The highest BCUT2D eigenvalue weighted by Crippen LogP contribution is 2.33. The topological polar surface area (TPSA) is 32.3 Å². The highest BCUT2D eigenvalue weighted by Gasteiger charge is 2.18. The number of amides is 1. The molecule has 22 heavy (non-hydrogen) atoms. The second kappa shape index (κ2) is 7.07. The molecule has 1 aliphatic rings. The molecule has 0 saturated carbocycles. The summed E-state index contributed by atoms with van der Waals surface area (Å²) in [5.41, 5.74) is 1.80. The Hall–Kier alpha value is -1.65. The van der Waals surface area contributed by atoms with E-state index in [0.29, 0.717) is 17.3 Å². The number of thioether (sulfide) groups is 1. The molecule has 0 radical (unpaired) electrons. The molecular formula is C17H17ClN2OS. The molecular weight excluding hydrogens is 316 g/mol. The third-order valence-corrected chi connectivity index (χ3v) is 5.00. The van der Waals surface area contributed by atoms with Gasteiger partial charge in [0.25, 0.3) is 0 Å². The van der Waals surface area contributed by atoms with Crippen LogP contribution in [0.4, 0.5) is 11.4 Å². The molecule has 0 unspecified atom stereocenters. The Morgan fingerprint density at radius 2 is 1.95 bits per heavy atom. The Labute approximate surface area is 139 Å². The number of nitrogens with one attached hydrogen (secondary N) is 1. The summed E-state index contributed by atoms with van der Waals surface area (Å²) in [4.78, 5) is 15.7. The largest absolute Gasteiger partial charge is 0.361 e. The molecule has 0 aliphatic carbocycles. The van der Waals surface area contributed by atoms with Crippen LogP contribution < -0.4 is 10.2 Å². The van der Waals surface area contributed by atoms with Gasteiger partial charge in [0.15, 0.2) is 0 Å². The van der Waals surface area contributed by atoms with Crippen molar-refractivity contribution in [1.82, 2.24) is 0 Å². The van der Waals surface area contributed by atoms with Crippen LogP contribution in [0.1, 0.15) is 6.42 Å². The molecule has 1 aliphatic heterocycles. The number of rotatable bonds is 3. The zero-order valence-electron chi connectivity index (χ0n) is 12.1. The maximum Gasteiger partial charge on any atom is 0.243 e. The van der Waals surface area contributed by atoms with Crippen molar-refractivity contribution in [3.8, 4) is 0 Å². The van der Waals surface area contributed by atoms with Gasteiger partial charge in [0.05, 0.1) is 22.9 Å². The minimum absolute atomic E-state index is 0.0465. The lowest BCUT2D eigenvalue weighted by atomic mass is 10.2. The first-order valence-corrected chi connectivity index (χ1v) is 8.61. The van der Waals surface area contributed by atoms with Crippen molar-refractivity contribution in [3.63, 3.8) is 0 Å². The van der Waals surface area contributed by atoms with E-state index in [0.717, 1.165) is 24.4 Å². The molecule has 3 nitrogen and oxygen atoms in total. The fourth-order valence-electron chi connectivity index (χ4n) is 2.49. The fourth-order valence-corrected chi connectivity index (χ4v) is 3.68. The number of benzene rings is 2. The highest BCUT2D eigenvalue weighted by molar-refractivity contribution is 7.99. The van der Waals surface area contributed by atoms with Crippen molar-refractivity contribution in [1.29, 1.82) is 0 Å². The van der Waals surface area contributed by atoms with Crippen LogP contribution in [-0.2, 0) is 4.79 Å². The molecule has 5 heteroatoms. The first-order valence-electron chi connectivity index (χ1n) is 7.25. The summed E-state index contributed by atoms with van der Waals surface area (Å²) in [6.45, 7) is 1.22. The number of nitrogens with zero attached hydrogens (tertiary/aromatic N) is 1. The second-order valence-electron chi connectivity index (χ2n) is 5.12. The molecule has 1 amide bonds. The summed E-state index contributed by atoms with van der Waals surface area (Å²) in [6, 6.07) is 15.5. The average molecular weight is 333 g/mol. The van der Waals surface area contributed by atoms with E-state index in [1.54, 1.807) is 6.07 Å². The molecule has 0 saturated heterocycles. The molecule has 2 aromatic rings. The maximum absolute atomic E-state index is 12.3. The number of para-hydroxylation sites is 2. The van der Waals surface area contributed by atoms with E-state index in [9.17, 15) is 4.79 Å². The molecule has 2 aromatic carbocycles. The number of carbonyl (C=O) groups excluding carboxylic acids is 1. The minimum atomic E-state index is -0.0465. The quantitative estimate of drug-likeness (QED) is 0.910. The summed E-state index contributed by atoms with van der Waals surface area (Å²) in [7, 11) is 0. The van der Waals surface area contributed by atoms with Gasteiger partial charge in [-0.3, -0.25) is 4.79 Å². The Morgan fingerprint density at radius 1 is 1.18 bits per heavy atom. The van der Waals surface area contributed by atoms with Gasteiger partial charge in [0.1, 0.15) is 0 Å². The van der Waals surface area contributed by atoms with Crippen LogP contribution in [0.3, 0.4) is 0 Å². The van der Waals surface area contributed by atoms with E-state index in [4.69, 9.17) is 11.6 Å². The van der Waals surface area contributed by atoms with E-state index in [1.807, 2.05) is 42.1 Å². The third kappa shape index (κ3) is 3.57. The van der Waals surface area contributed by atoms with E-state index in [2.05, 4.69) is 22.3 Å². The fraction of sp³-hybridized carbons (Fsp3) is 0.235. The van der Waals surface area contributed by atoms with E-state index < -0.39 is 0 Å². The SMILES string of the molecule is O=C(CN1CCCSc2ccccc21)Nc1ccccc1Cl. The summed E-state index contributed by atoms with van der Waals surface area (Å²) < 4.78 is 0. The molecule has 1 heterocycles. The van der Waals surface area contributed by atoms with Crippen LogP contribution in [0.5, 0.6) is 0 Å². The molecule has 0 atom stereocenters. The lowest BCUT2D eigenvalue weighted by Crippen LogP contribution is -2.34. The summed E-state index contributed by atoms with van der Waals surface area (Å²) >= 11 is 7.94. The Bertz CT molecular complexity index is 677. The van der Waals surface area contributed by atoms with Crippen molar-refractivity contribution < 1.29 is 4.79 Å². The van der Waals surface area contributed by atoms with Crippen LogP contribution in [-0.4, -0.2) is 24.7 Å². The number of anilines is 2. The number of fused-ring (bicyclic) bond motifs is 1. The van der Waals surface area contributed by atoms with Crippen molar-refractivity contribution in [3.05, 3.63) is 53.6 Å². The van der Waals surface area contributed by atoms with Gasteiger partial charge in [-0.1, -0.05) is 35.9 Å². The molecule has 0 fully saturated rings. The smallest absolute Gasteiger partial charge is 0.243 e. The zero-order valence-corrected chi connectivity index (χ0v) is 13.7. The lowest BCUT2D eigenvalue weighted by Gasteiger charge is -2.24. The van der Waals surface area contributed by atoms with Crippen LogP contribution in [0, 0.1) is 0 Å². The summed E-state index contributed by atoms with van der Waals surface area (Å²) in [6.07, 6.45) is 1.07. The van der Waals surface area contributed by atoms with Gasteiger partial charge in [0.2, 0.25) is 5.91 Å². The van der Waals surface area contributed by atoms with Gasteiger partial charge in [-0.25, -0.2) is 0 Å². The number of carbonyl (C=O) groups is 1. The Balaban J connectivity index is 1.73. The van der Waals surface area contributed by atoms with Crippen molar-refractivity contribution in [2.45, 2.75) is 11.3 Å². The normalized spacial score (nSPS) is 14.1. The average Bonchev–Trinajstić information content (AvgIpc) is 2.72. The molecule has 0 bridgehead atoms. The van der Waals surface area contributed by atoms with Gasteiger partial charge < -0.3 is 10.2 Å². The van der Waals surface area contributed by atoms with Crippen LogP contribution >= 0.6 is 23.4 Å². The second-order valence-corrected chi connectivity index (χ2v) is 6.66. The Morgan fingerprint density at radius 3 is 2.82 bits per heavy atom. The van der Waals surface area contributed by atoms with Gasteiger partial charge >= 0.3 is 0 Å². The van der Waals surface area contributed by atoms with E-state index >= 15 is 0 Å². The first-order chi connectivity index (χ1) is 10.7. The maximum atomic E-state index is 12.3. The molecule has 0 aromatic heterocycles. The molecule has 114 valence electrons. The van der Waals surface area contributed by atoms with Crippen molar-refractivity contribution >= 4 is 40.6 Å². The number of hydrogen-bond donors (Lipinski definition) is 1. The predicted molar refractivity (Wildman–Crippen MR) is 94.1 cm³/mol. The number of hydrogen-bond acceptors (Lipinski definition) is 3.